The van der Waals surface area contributed by atoms with Crippen LogP contribution in [-0.4, -0.2) is 172 Å². The van der Waals surface area contributed by atoms with E-state index < -0.39 is 95.3 Å². The zero-order chi connectivity index (χ0) is 81.5. The van der Waals surface area contributed by atoms with Gasteiger partial charge in [0.25, 0.3) is 11.8 Å². The van der Waals surface area contributed by atoms with Gasteiger partial charge in [0, 0.05) is 101 Å². The Morgan fingerprint density at radius 3 is 1.56 bits per heavy atom. The molecule has 614 valence electrons. The van der Waals surface area contributed by atoms with E-state index in [9.17, 15) is 38.7 Å². The Bertz CT molecular complexity index is 5040. The number of halogens is 2. The number of rotatable bonds is 29. The Balaban J connectivity index is 0.000000186. The fraction of sp³-hybridized carbons (Fsp3) is 0.444. The summed E-state index contributed by atoms with van der Waals surface area (Å²) < 4.78 is 13.8. The van der Waals surface area contributed by atoms with E-state index in [-0.39, 0.29) is 81.1 Å². The highest BCUT2D eigenvalue weighted by atomic mass is 35.5. The topological polar surface area (TPSA) is 297 Å². The average molecular weight is 1660 g/mol. The third kappa shape index (κ3) is 19.2. The number of carbonyl (C=O) groups excluding carboxylic acids is 8. The highest BCUT2D eigenvalue weighted by molar-refractivity contribution is 7.17. The van der Waals surface area contributed by atoms with Gasteiger partial charge in [-0.3, -0.25) is 33.6 Å². The van der Waals surface area contributed by atoms with E-state index in [1.807, 2.05) is 122 Å². The number of benzene rings is 6. The maximum absolute atomic E-state index is 15.3. The number of amides is 8. The van der Waals surface area contributed by atoms with Crippen LogP contribution < -0.4 is 31.9 Å². The molecule has 2 unspecified atom stereocenters. The number of thiophene rings is 2. The third-order valence-corrected chi connectivity index (χ3v) is 26.4. The summed E-state index contributed by atoms with van der Waals surface area (Å²) in [5, 5.41) is 45.0. The molecule has 27 heteroatoms. The third-order valence-electron chi connectivity index (χ3n) is 23.9. The Morgan fingerprint density at radius 2 is 1.05 bits per heavy atom. The second-order valence-electron chi connectivity index (χ2n) is 32.6. The first-order valence-electron chi connectivity index (χ1n) is 41.1. The van der Waals surface area contributed by atoms with Gasteiger partial charge >= 0.3 is 6.09 Å². The van der Waals surface area contributed by atoms with E-state index in [2.05, 4.69) is 66.5 Å². The molecule has 5 fully saturated rings. The molecule has 117 heavy (non-hydrogen) atoms. The number of aliphatic hydroxyl groups is 1. The van der Waals surface area contributed by atoms with Crippen molar-refractivity contribution in [2.75, 3.05) is 26.8 Å². The standard InChI is InChI=1S/C49H50ClN5O7S.C41H50ClN5O6S/c1-3-11-39(44(60-2)46(57)51-32-20-21-32)52-45(56)42-25-49(24-41(54-62-49)29-12-10-13-31(50)22-29)28-55(42)47(58)40(23-30-27-63-43-19-9-8-14-33(30)43)53-48(59)61-26-38-36-17-6-4-15-34(36)35-16-5-7-18-37(35)38;1-2-9-31(37(49)39(51)43-29-16-17-29)45-38(50)34-22-41(21-33(46-53-41)26-12-8-13-28(42)19-26)24-47(34)40(52)32(44-36(48)18-25-10-4-3-5-11-25)20-27-23-54-35-15-7-6-14-30(27)35/h4-10,12-19,22,27,32,38-40,42,44H,3,11,20-21,23-26,28H2,1-2H3,(H,51,57)(H,52,56)(H,53,59);6-8,12-15,19,23,25,29,31-32,34,37,49H,2-5,9-11,16-18,20-22,24H2,1H3,(H,43,51)(H,44,48)(H,45,50)/t39-,40+,42+,44?,49-;31-,32+,34+,37?,41-/m11/s1. The molecule has 3 saturated carbocycles. The first kappa shape index (κ1) is 82.3. The van der Waals surface area contributed by atoms with Crippen LogP contribution in [0.1, 0.15) is 169 Å². The molecule has 2 aromatic heterocycles. The normalized spacial score (nSPS) is 21.6. The first-order valence-corrected chi connectivity index (χ1v) is 43.6. The quantitative estimate of drug-likeness (QED) is 0.0230. The number of alkyl carbamates (subject to hydrolysis) is 1. The van der Waals surface area contributed by atoms with Gasteiger partial charge in [0.05, 0.1) is 36.6 Å². The fourth-order valence-electron chi connectivity index (χ4n) is 17.7. The number of ether oxygens (including phenoxy) is 2. The van der Waals surface area contributed by atoms with Crippen molar-refractivity contribution in [2.24, 2.45) is 16.2 Å². The molecule has 8 aliphatic rings. The number of hydrogen-bond donors (Lipinski definition) is 7. The number of likely N-dealkylation sites (tertiary alicyclic amines) is 2. The summed E-state index contributed by atoms with van der Waals surface area (Å²) in [7, 11) is 1.46. The number of aliphatic hydroxyl groups excluding tert-OH is 1. The molecule has 8 aromatic rings. The zero-order valence-electron chi connectivity index (χ0n) is 65.9. The molecule has 4 aliphatic carbocycles. The van der Waals surface area contributed by atoms with E-state index in [0.29, 0.717) is 66.4 Å². The minimum Gasteiger partial charge on any atom is -0.449 e. The van der Waals surface area contributed by atoms with Crippen LogP contribution in [-0.2, 0) is 65.6 Å². The van der Waals surface area contributed by atoms with E-state index in [1.165, 1.54) is 23.3 Å². The lowest BCUT2D eigenvalue weighted by atomic mass is 9.86. The van der Waals surface area contributed by atoms with Gasteiger partial charge in [-0.15, -0.1) is 22.7 Å². The molecule has 6 heterocycles. The summed E-state index contributed by atoms with van der Waals surface area (Å²) in [5.41, 5.74) is 6.95. The van der Waals surface area contributed by atoms with Crippen LogP contribution in [0, 0.1) is 5.92 Å². The Labute approximate surface area is 698 Å². The number of oxime groups is 2. The van der Waals surface area contributed by atoms with Crippen LogP contribution in [0.25, 0.3) is 31.3 Å². The summed E-state index contributed by atoms with van der Waals surface area (Å²) >= 11 is 15.8. The van der Waals surface area contributed by atoms with Crippen LogP contribution in [0.2, 0.25) is 10.0 Å². The molecule has 16 rings (SSSR count). The molecule has 0 radical (unpaired) electrons. The van der Waals surface area contributed by atoms with Crippen molar-refractivity contribution < 1.29 is 62.6 Å². The Morgan fingerprint density at radius 1 is 0.573 bits per heavy atom. The van der Waals surface area contributed by atoms with E-state index in [4.69, 9.17) is 42.4 Å². The van der Waals surface area contributed by atoms with Gasteiger partial charge in [0.15, 0.2) is 23.4 Å². The number of nitrogens with one attached hydrogen (secondary N) is 6. The molecular weight excluding hydrogens is 1560 g/mol. The van der Waals surface area contributed by atoms with Gasteiger partial charge < -0.3 is 66.0 Å². The van der Waals surface area contributed by atoms with Crippen molar-refractivity contribution in [2.45, 2.75) is 220 Å². The lowest BCUT2D eigenvalue weighted by Crippen LogP contribution is -2.58. The summed E-state index contributed by atoms with van der Waals surface area (Å²) in [6, 6.07) is 41.2. The lowest BCUT2D eigenvalue weighted by Gasteiger charge is -2.31. The second kappa shape index (κ2) is 36.6. The summed E-state index contributed by atoms with van der Waals surface area (Å²) in [6.07, 6.45) is 9.49. The molecule has 0 bridgehead atoms. The largest absolute Gasteiger partial charge is 0.449 e. The molecular formula is C90H100Cl2N10O13S2. The van der Waals surface area contributed by atoms with Crippen LogP contribution in [0.3, 0.4) is 0 Å². The predicted molar refractivity (Wildman–Crippen MR) is 452 cm³/mol. The zero-order valence-corrected chi connectivity index (χ0v) is 69.1. The number of methoxy groups -OCH3 is 1. The van der Waals surface area contributed by atoms with Crippen molar-refractivity contribution in [3.05, 3.63) is 200 Å². The minimum atomic E-state index is -1.45. The van der Waals surface area contributed by atoms with Crippen LogP contribution >= 0.6 is 45.9 Å². The number of carbonyl (C=O) groups is 8. The Hall–Kier alpha value is -9.76. The van der Waals surface area contributed by atoms with Gasteiger partial charge in [-0.05, 0) is 149 Å². The highest BCUT2D eigenvalue weighted by Gasteiger charge is 2.57. The molecule has 8 amide bonds. The summed E-state index contributed by atoms with van der Waals surface area (Å²) in [6.45, 7) is 4.02. The van der Waals surface area contributed by atoms with Gasteiger partial charge in [-0.1, -0.05) is 189 Å². The average Bonchev–Trinajstić information content (AvgIpc) is 1.62. The number of hydrogen-bond acceptors (Lipinski definition) is 17. The van der Waals surface area contributed by atoms with Crippen molar-refractivity contribution in [1.82, 2.24) is 41.7 Å². The monoisotopic (exact) mass is 1660 g/mol. The fourth-order valence-corrected chi connectivity index (χ4v) is 20.0. The van der Waals surface area contributed by atoms with Crippen molar-refractivity contribution in [3.63, 3.8) is 0 Å². The SMILES string of the molecule is CCC[C@@H](NC(=O)[C@@H]1C[C@]2(CC(c3cccc(Cl)c3)=NO2)CN1C(=O)[C@H](Cc1csc2ccccc12)NC(=O)CC1CCCCC1)C(O)C(=O)NC1CC1.CCC[C@@H](NC(=O)[C@@H]1C[C@]2(CC(c3cccc(Cl)c3)=NO2)CN1C(=O)[C@H](Cc1csc2ccccc12)NC(=O)OCC1c2ccccc2-c2ccccc21)C(OC)C(=O)NC1CC1. The maximum Gasteiger partial charge on any atom is 0.407 e. The summed E-state index contributed by atoms with van der Waals surface area (Å²) in [4.78, 5) is 129. The summed E-state index contributed by atoms with van der Waals surface area (Å²) in [5.74, 6) is -2.71. The molecule has 23 nitrogen and oxygen atoms in total. The lowest BCUT2D eigenvalue weighted by molar-refractivity contribution is -0.142. The molecule has 10 atom stereocenters. The van der Waals surface area contributed by atoms with E-state index in [0.717, 1.165) is 116 Å². The predicted octanol–water partition coefficient (Wildman–Crippen LogP) is 13.4. The van der Waals surface area contributed by atoms with Crippen molar-refractivity contribution in [3.8, 4) is 11.1 Å². The van der Waals surface area contributed by atoms with Gasteiger partial charge in [-0.25, -0.2) is 4.79 Å². The van der Waals surface area contributed by atoms with Crippen molar-refractivity contribution >= 4 is 125 Å². The molecule has 4 aliphatic heterocycles. The van der Waals surface area contributed by atoms with Gasteiger partial charge in [-0.2, -0.15) is 0 Å². The maximum atomic E-state index is 15.3. The van der Waals surface area contributed by atoms with E-state index in [1.54, 1.807) is 46.9 Å². The molecule has 2 saturated heterocycles. The number of fused-ring (bicyclic) bond motifs is 5. The van der Waals surface area contributed by atoms with Crippen LogP contribution in [0.5, 0.6) is 0 Å². The van der Waals surface area contributed by atoms with Crippen LogP contribution in [0.15, 0.2) is 167 Å². The molecule has 2 spiro atoms. The Kier molecular flexibility index (Phi) is 25.8. The van der Waals surface area contributed by atoms with E-state index >= 15 is 4.79 Å². The molecule has 6 aromatic carbocycles. The second-order valence-corrected chi connectivity index (χ2v) is 35.3. The highest BCUT2D eigenvalue weighted by Crippen LogP contribution is 2.46. The minimum absolute atomic E-state index is 0.0130. The van der Waals surface area contributed by atoms with Crippen molar-refractivity contribution in [1.29, 1.82) is 0 Å². The molecule has 7 N–H and O–H groups in total. The number of nitrogens with zero attached hydrogens (tertiary/aromatic N) is 4. The first-order chi connectivity index (χ1) is 56.7. The van der Waals surface area contributed by atoms with Gasteiger partial charge in [0.2, 0.25) is 29.5 Å². The van der Waals surface area contributed by atoms with Crippen LogP contribution in [0.4, 0.5) is 4.79 Å². The van der Waals surface area contributed by atoms with Gasteiger partial charge in [0.1, 0.15) is 30.8 Å². The smallest absolute Gasteiger partial charge is 0.407 e.